The second-order valence-corrected chi connectivity index (χ2v) is 5.15. The van der Waals surface area contributed by atoms with E-state index in [0.29, 0.717) is 11.6 Å². The molecule has 0 aliphatic heterocycles. The van der Waals surface area contributed by atoms with Crippen LogP contribution in [0.5, 0.6) is 5.75 Å². The smallest absolute Gasteiger partial charge is 0.339 e. The normalized spacial score (nSPS) is 12.5. The fourth-order valence-electron chi connectivity index (χ4n) is 1.81. The van der Waals surface area contributed by atoms with E-state index in [1.807, 2.05) is 6.92 Å². The molecule has 0 heterocycles. The van der Waals surface area contributed by atoms with Gasteiger partial charge < -0.3 is 15.6 Å². The Morgan fingerprint density at radius 1 is 1.44 bits per heavy atom. The number of ether oxygens (including phenoxy) is 1. The molecule has 18 heavy (non-hydrogen) atoms. The van der Waals surface area contributed by atoms with Crippen molar-refractivity contribution < 1.29 is 14.6 Å². The number of hydrogen-bond donors (Lipinski definition) is 2. The highest BCUT2D eigenvalue weighted by atomic mass is 35.5. The van der Waals surface area contributed by atoms with Crippen molar-refractivity contribution in [3.8, 4) is 5.75 Å². The minimum atomic E-state index is -1.10. The first kappa shape index (κ1) is 14.6. The molecule has 1 rings (SSSR count). The number of rotatable bonds is 5. The fraction of sp³-hybridized carbons (Fsp3) is 0.462. The summed E-state index contributed by atoms with van der Waals surface area (Å²) in [4.78, 5) is 11.1. The number of carboxylic acid groups (broad SMARTS) is 1. The molecule has 0 amide bonds. The van der Waals surface area contributed by atoms with Crippen LogP contribution in [0.4, 0.5) is 5.69 Å². The lowest BCUT2D eigenvalue weighted by atomic mass is 10.1. The molecule has 0 aliphatic carbocycles. The van der Waals surface area contributed by atoms with E-state index in [0.717, 1.165) is 6.42 Å². The van der Waals surface area contributed by atoms with Gasteiger partial charge >= 0.3 is 5.97 Å². The maximum absolute atomic E-state index is 11.1. The van der Waals surface area contributed by atoms with Crippen molar-refractivity contribution in [2.75, 3.05) is 5.73 Å². The first-order chi connectivity index (χ1) is 8.31. The second-order valence-electron chi connectivity index (χ2n) is 4.74. The third-order valence-electron chi connectivity index (χ3n) is 2.42. The molecule has 0 saturated heterocycles. The van der Waals surface area contributed by atoms with E-state index in [-0.39, 0.29) is 22.4 Å². The van der Waals surface area contributed by atoms with Crippen LogP contribution in [0.15, 0.2) is 12.1 Å². The van der Waals surface area contributed by atoms with Crippen molar-refractivity contribution >= 4 is 23.3 Å². The van der Waals surface area contributed by atoms with E-state index in [2.05, 4.69) is 13.8 Å². The molecule has 0 fully saturated rings. The van der Waals surface area contributed by atoms with Crippen LogP contribution in [0.3, 0.4) is 0 Å². The number of hydrogen-bond acceptors (Lipinski definition) is 3. The van der Waals surface area contributed by atoms with E-state index in [9.17, 15) is 4.79 Å². The highest BCUT2D eigenvalue weighted by Gasteiger charge is 2.18. The Balaban J connectivity index is 3.03. The predicted molar refractivity (Wildman–Crippen MR) is 72.4 cm³/mol. The lowest BCUT2D eigenvalue weighted by molar-refractivity contribution is 0.0689. The molecule has 4 nitrogen and oxygen atoms in total. The van der Waals surface area contributed by atoms with Crippen molar-refractivity contribution in [2.45, 2.75) is 33.3 Å². The Morgan fingerprint density at radius 3 is 2.56 bits per heavy atom. The van der Waals surface area contributed by atoms with Crippen molar-refractivity contribution in [2.24, 2.45) is 5.92 Å². The van der Waals surface area contributed by atoms with Crippen LogP contribution in [-0.2, 0) is 0 Å². The van der Waals surface area contributed by atoms with Gasteiger partial charge in [0.15, 0.2) is 5.75 Å². The molecule has 1 aromatic rings. The highest BCUT2D eigenvalue weighted by Crippen LogP contribution is 2.33. The van der Waals surface area contributed by atoms with Crippen LogP contribution in [0.25, 0.3) is 0 Å². The third-order valence-corrected chi connectivity index (χ3v) is 2.70. The minimum Gasteiger partial charge on any atom is -0.488 e. The average molecular weight is 272 g/mol. The number of carboxylic acids is 1. The molecule has 0 aromatic heterocycles. The number of nitrogen functional groups attached to an aromatic ring is 1. The molecular formula is C13H18ClNO3. The zero-order chi connectivity index (χ0) is 13.9. The highest BCUT2D eigenvalue weighted by molar-refractivity contribution is 6.33. The quantitative estimate of drug-likeness (QED) is 0.805. The van der Waals surface area contributed by atoms with Gasteiger partial charge in [-0.2, -0.15) is 0 Å². The van der Waals surface area contributed by atoms with Crippen LogP contribution in [-0.4, -0.2) is 17.2 Å². The molecule has 0 radical (unpaired) electrons. The van der Waals surface area contributed by atoms with Crippen LogP contribution >= 0.6 is 11.6 Å². The predicted octanol–water partition coefficient (Wildman–Crippen LogP) is 3.43. The summed E-state index contributed by atoms with van der Waals surface area (Å²) in [7, 11) is 0. The van der Waals surface area contributed by atoms with Crippen molar-refractivity contribution in [1.29, 1.82) is 0 Å². The van der Waals surface area contributed by atoms with Gasteiger partial charge in [0.25, 0.3) is 0 Å². The van der Waals surface area contributed by atoms with Gasteiger partial charge in [-0.3, -0.25) is 0 Å². The number of halogens is 1. The lowest BCUT2D eigenvalue weighted by Gasteiger charge is -2.19. The van der Waals surface area contributed by atoms with Crippen molar-refractivity contribution in [1.82, 2.24) is 0 Å². The molecule has 0 saturated carbocycles. The summed E-state index contributed by atoms with van der Waals surface area (Å²) in [5.74, 6) is -0.455. The van der Waals surface area contributed by atoms with E-state index in [4.69, 9.17) is 27.2 Å². The monoisotopic (exact) mass is 271 g/mol. The summed E-state index contributed by atoms with van der Waals surface area (Å²) >= 11 is 5.99. The summed E-state index contributed by atoms with van der Waals surface area (Å²) < 4.78 is 5.64. The maximum Gasteiger partial charge on any atom is 0.339 e. The number of carbonyl (C=O) groups is 1. The van der Waals surface area contributed by atoms with Gasteiger partial charge in [-0.05, 0) is 31.4 Å². The zero-order valence-electron chi connectivity index (χ0n) is 10.7. The Bertz CT molecular complexity index is 446. The Hall–Kier alpha value is -1.42. The molecule has 100 valence electrons. The summed E-state index contributed by atoms with van der Waals surface area (Å²) in [6, 6.07) is 2.84. The van der Waals surface area contributed by atoms with Crippen LogP contribution in [0, 0.1) is 5.92 Å². The van der Waals surface area contributed by atoms with E-state index in [1.54, 1.807) is 0 Å². The van der Waals surface area contributed by atoms with Gasteiger partial charge in [0, 0.05) is 5.69 Å². The first-order valence-electron chi connectivity index (χ1n) is 5.80. The van der Waals surface area contributed by atoms with Gasteiger partial charge in [0.05, 0.1) is 11.1 Å². The standard InChI is InChI=1S/C13H18ClNO3/c1-7(2)4-8(3)18-12-10(13(16)17)5-9(15)6-11(12)14/h5-8H,4,15H2,1-3H3,(H,16,17). The van der Waals surface area contributed by atoms with E-state index in [1.165, 1.54) is 12.1 Å². The molecule has 5 heteroatoms. The molecule has 1 unspecified atom stereocenters. The molecule has 1 atom stereocenters. The molecule has 1 aromatic carbocycles. The summed E-state index contributed by atoms with van der Waals surface area (Å²) in [6.45, 7) is 6.03. The fourth-order valence-corrected chi connectivity index (χ4v) is 2.08. The number of anilines is 1. The molecule has 3 N–H and O–H groups in total. The largest absolute Gasteiger partial charge is 0.488 e. The molecular weight excluding hydrogens is 254 g/mol. The lowest BCUT2D eigenvalue weighted by Crippen LogP contribution is -2.17. The van der Waals surface area contributed by atoms with Gasteiger partial charge in [-0.1, -0.05) is 25.4 Å². The maximum atomic E-state index is 11.1. The van der Waals surface area contributed by atoms with Crippen molar-refractivity contribution in [3.05, 3.63) is 22.7 Å². The third kappa shape index (κ3) is 3.81. The van der Waals surface area contributed by atoms with Gasteiger partial charge in [0.2, 0.25) is 0 Å². The topological polar surface area (TPSA) is 72.5 Å². The average Bonchev–Trinajstić information content (AvgIpc) is 2.20. The number of benzene rings is 1. The summed E-state index contributed by atoms with van der Waals surface area (Å²) in [6.07, 6.45) is 0.712. The second kappa shape index (κ2) is 5.96. The molecule has 0 bridgehead atoms. The van der Waals surface area contributed by atoms with Gasteiger partial charge in [-0.15, -0.1) is 0 Å². The first-order valence-corrected chi connectivity index (χ1v) is 6.18. The van der Waals surface area contributed by atoms with Crippen LogP contribution in [0.2, 0.25) is 5.02 Å². The SMILES string of the molecule is CC(C)CC(C)Oc1c(Cl)cc(N)cc1C(=O)O. The van der Waals surface area contributed by atoms with E-state index >= 15 is 0 Å². The summed E-state index contributed by atoms with van der Waals surface area (Å²) in [5.41, 5.74) is 5.88. The van der Waals surface area contributed by atoms with Crippen molar-refractivity contribution in [3.63, 3.8) is 0 Å². The summed E-state index contributed by atoms with van der Waals surface area (Å²) in [5, 5.41) is 9.34. The van der Waals surface area contributed by atoms with Gasteiger partial charge in [0.1, 0.15) is 5.56 Å². The zero-order valence-corrected chi connectivity index (χ0v) is 11.5. The Kier molecular flexibility index (Phi) is 4.84. The van der Waals surface area contributed by atoms with Crippen LogP contribution < -0.4 is 10.5 Å². The Labute approximate surface area is 112 Å². The number of nitrogens with two attached hydrogens (primary N) is 1. The number of aromatic carboxylic acids is 1. The molecule has 0 spiro atoms. The molecule has 0 aliphatic rings. The minimum absolute atomic E-state index is 0.00407. The Morgan fingerprint density at radius 2 is 2.06 bits per heavy atom. The van der Waals surface area contributed by atoms with E-state index < -0.39 is 5.97 Å². The van der Waals surface area contributed by atoms with Crippen LogP contribution in [0.1, 0.15) is 37.6 Å². The van der Waals surface area contributed by atoms with Gasteiger partial charge in [-0.25, -0.2) is 4.79 Å².